The van der Waals surface area contributed by atoms with Gasteiger partial charge in [0, 0.05) is 9.50 Å². The Balaban J connectivity index is 1.65. The van der Waals surface area contributed by atoms with Crippen molar-refractivity contribution in [1.29, 1.82) is 0 Å². The molecule has 4 nitrogen and oxygen atoms in total. The van der Waals surface area contributed by atoms with Crippen LogP contribution in [-0.2, 0) is 6.61 Å². The van der Waals surface area contributed by atoms with E-state index in [-0.39, 0.29) is 5.91 Å². The van der Waals surface area contributed by atoms with Gasteiger partial charge in [-0.1, -0.05) is 35.9 Å². The summed E-state index contributed by atoms with van der Waals surface area (Å²) in [7, 11) is 0. The zero-order chi connectivity index (χ0) is 20.8. The van der Waals surface area contributed by atoms with Crippen molar-refractivity contribution in [3.63, 3.8) is 0 Å². The van der Waals surface area contributed by atoms with Crippen LogP contribution in [0.5, 0.6) is 5.75 Å². The molecule has 0 unspecified atom stereocenters. The maximum absolute atomic E-state index is 12.2. The second-order valence-corrected chi connectivity index (χ2v) is 9.52. The lowest BCUT2D eigenvalue weighted by molar-refractivity contribution is 0.0954. The van der Waals surface area contributed by atoms with Gasteiger partial charge in [-0.05, 0) is 109 Å². The molecule has 3 rings (SSSR count). The molecule has 0 saturated heterocycles. The van der Waals surface area contributed by atoms with E-state index in [1.165, 1.54) is 0 Å². The smallest absolute Gasteiger partial charge is 0.272 e. The standard InChI is InChI=1S/C21H14BrClI2N2O2/c22-17-4-2-1-3-16(17)21(28)27-26-11-14-9-18(24)20(19(25)10-14)29-12-13-5-7-15(23)8-6-13/h1-11H,12H2,(H,27,28)/b26-11-. The normalized spacial score (nSPS) is 10.9. The van der Waals surface area contributed by atoms with Crippen LogP contribution in [-0.4, -0.2) is 12.1 Å². The number of hydrogen-bond donors (Lipinski definition) is 1. The lowest BCUT2D eigenvalue weighted by Gasteiger charge is -2.11. The number of ether oxygens (including phenoxy) is 1. The zero-order valence-corrected chi connectivity index (χ0v) is 21.5. The molecule has 0 heterocycles. The molecule has 8 heteroatoms. The Morgan fingerprint density at radius 1 is 1.10 bits per heavy atom. The lowest BCUT2D eigenvalue weighted by Crippen LogP contribution is -2.18. The molecule has 0 radical (unpaired) electrons. The van der Waals surface area contributed by atoms with E-state index in [4.69, 9.17) is 16.3 Å². The van der Waals surface area contributed by atoms with Crippen molar-refractivity contribution in [3.05, 3.63) is 94.0 Å². The van der Waals surface area contributed by atoms with Crippen molar-refractivity contribution in [2.24, 2.45) is 5.10 Å². The minimum Gasteiger partial charge on any atom is -0.487 e. The van der Waals surface area contributed by atoms with Gasteiger partial charge in [-0.2, -0.15) is 5.10 Å². The fourth-order valence-electron chi connectivity index (χ4n) is 2.40. The molecule has 0 bridgehead atoms. The van der Waals surface area contributed by atoms with Crippen LogP contribution in [0, 0.1) is 7.14 Å². The molecule has 0 fully saturated rings. The number of nitrogens with one attached hydrogen (secondary N) is 1. The molecule has 29 heavy (non-hydrogen) atoms. The maximum Gasteiger partial charge on any atom is 0.272 e. The lowest BCUT2D eigenvalue weighted by atomic mass is 10.2. The first-order chi connectivity index (χ1) is 13.9. The SMILES string of the molecule is O=C(N/N=C\c1cc(I)c(OCc2ccc(Cl)cc2)c(I)c1)c1ccccc1Br. The van der Waals surface area contributed by atoms with Gasteiger partial charge in [0.05, 0.1) is 18.9 Å². The minimum atomic E-state index is -0.277. The molecule has 0 aromatic heterocycles. The topological polar surface area (TPSA) is 50.7 Å². The zero-order valence-electron chi connectivity index (χ0n) is 14.8. The van der Waals surface area contributed by atoms with E-state index < -0.39 is 0 Å². The van der Waals surface area contributed by atoms with Crippen LogP contribution in [0.3, 0.4) is 0 Å². The third-order valence-corrected chi connectivity index (χ3v) is 6.36. The Morgan fingerprint density at radius 3 is 2.41 bits per heavy atom. The number of benzene rings is 3. The number of rotatable bonds is 6. The largest absolute Gasteiger partial charge is 0.487 e. The van der Waals surface area contributed by atoms with Gasteiger partial charge in [-0.25, -0.2) is 5.43 Å². The van der Waals surface area contributed by atoms with Crippen LogP contribution < -0.4 is 10.2 Å². The summed E-state index contributed by atoms with van der Waals surface area (Å²) in [6, 6.07) is 18.7. The van der Waals surface area contributed by atoms with Crippen LogP contribution in [0.1, 0.15) is 21.5 Å². The van der Waals surface area contributed by atoms with Crippen LogP contribution in [0.15, 0.2) is 70.2 Å². The first kappa shape index (κ1) is 22.5. The maximum atomic E-state index is 12.2. The number of carbonyl (C=O) groups excluding carboxylic acids is 1. The highest BCUT2D eigenvalue weighted by molar-refractivity contribution is 14.1. The van der Waals surface area contributed by atoms with Crippen LogP contribution in [0.25, 0.3) is 0 Å². The quantitative estimate of drug-likeness (QED) is 0.178. The number of halogens is 4. The van der Waals surface area contributed by atoms with Gasteiger partial charge in [-0.15, -0.1) is 0 Å². The summed E-state index contributed by atoms with van der Waals surface area (Å²) in [4.78, 5) is 12.2. The van der Waals surface area contributed by atoms with Crippen molar-refractivity contribution in [2.75, 3.05) is 0 Å². The average Bonchev–Trinajstić information content (AvgIpc) is 2.69. The monoisotopic (exact) mass is 694 g/mol. The van der Waals surface area contributed by atoms with Crippen molar-refractivity contribution >= 4 is 84.8 Å². The van der Waals surface area contributed by atoms with Gasteiger partial charge in [0.15, 0.2) is 0 Å². The van der Waals surface area contributed by atoms with Crippen LogP contribution in [0.2, 0.25) is 5.02 Å². The van der Waals surface area contributed by atoms with Gasteiger partial charge in [-0.3, -0.25) is 4.79 Å². The van der Waals surface area contributed by atoms with E-state index in [0.29, 0.717) is 17.2 Å². The Bertz CT molecular complexity index is 1040. The first-order valence-corrected chi connectivity index (χ1v) is 11.7. The van der Waals surface area contributed by atoms with Crippen molar-refractivity contribution < 1.29 is 9.53 Å². The molecule has 3 aromatic rings. The molecular weight excluding hydrogens is 681 g/mol. The molecule has 3 aromatic carbocycles. The summed E-state index contributed by atoms with van der Waals surface area (Å²) in [5.41, 5.74) is 4.98. The van der Waals surface area contributed by atoms with Gasteiger partial charge in [0.2, 0.25) is 0 Å². The second kappa shape index (κ2) is 10.7. The third kappa shape index (κ3) is 6.40. The Kier molecular flexibility index (Phi) is 8.34. The van der Waals surface area contributed by atoms with E-state index in [0.717, 1.165) is 28.5 Å². The molecule has 0 saturated carbocycles. The van der Waals surface area contributed by atoms with Crippen LogP contribution in [0.4, 0.5) is 0 Å². The number of carbonyl (C=O) groups is 1. The van der Waals surface area contributed by atoms with E-state index in [9.17, 15) is 4.79 Å². The molecule has 1 amide bonds. The summed E-state index contributed by atoms with van der Waals surface area (Å²) < 4.78 is 8.63. The summed E-state index contributed by atoms with van der Waals surface area (Å²) in [5.74, 6) is 0.539. The van der Waals surface area contributed by atoms with Crippen molar-refractivity contribution in [1.82, 2.24) is 5.43 Å². The highest BCUT2D eigenvalue weighted by atomic mass is 127. The number of hydrazone groups is 1. The summed E-state index contributed by atoms with van der Waals surface area (Å²) >= 11 is 13.7. The predicted molar refractivity (Wildman–Crippen MR) is 137 cm³/mol. The van der Waals surface area contributed by atoms with Crippen molar-refractivity contribution in [2.45, 2.75) is 6.61 Å². The second-order valence-electron chi connectivity index (χ2n) is 5.91. The minimum absolute atomic E-state index is 0.277. The summed E-state index contributed by atoms with van der Waals surface area (Å²) in [5, 5.41) is 4.77. The van der Waals surface area contributed by atoms with E-state index >= 15 is 0 Å². The van der Waals surface area contributed by atoms with Gasteiger partial charge >= 0.3 is 0 Å². The molecular formula is C21H14BrClI2N2O2. The van der Waals surface area contributed by atoms with Gasteiger partial charge < -0.3 is 4.74 Å². The van der Waals surface area contributed by atoms with Crippen molar-refractivity contribution in [3.8, 4) is 5.75 Å². The molecule has 148 valence electrons. The van der Waals surface area contributed by atoms with E-state index in [1.807, 2.05) is 48.5 Å². The fraction of sp³-hybridized carbons (Fsp3) is 0.0476. The number of hydrogen-bond acceptors (Lipinski definition) is 3. The van der Waals surface area contributed by atoms with Crippen LogP contribution >= 0.6 is 72.7 Å². The van der Waals surface area contributed by atoms with Gasteiger partial charge in [0.25, 0.3) is 5.91 Å². The van der Waals surface area contributed by atoms with E-state index in [2.05, 4.69) is 71.6 Å². The molecule has 1 N–H and O–H groups in total. The predicted octanol–water partition coefficient (Wildman–Crippen LogP) is 6.65. The molecule has 0 aliphatic rings. The Morgan fingerprint density at radius 2 is 1.76 bits per heavy atom. The summed E-state index contributed by atoms with van der Waals surface area (Å²) in [6.07, 6.45) is 1.61. The number of nitrogens with zero attached hydrogens (tertiary/aromatic N) is 1. The Hall–Kier alpha value is -1.17. The molecule has 0 atom stereocenters. The number of amides is 1. The highest BCUT2D eigenvalue weighted by Gasteiger charge is 2.10. The summed E-state index contributed by atoms with van der Waals surface area (Å²) in [6.45, 7) is 0.457. The molecule has 0 aliphatic carbocycles. The molecule has 0 aliphatic heterocycles. The van der Waals surface area contributed by atoms with Gasteiger partial charge in [0.1, 0.15) is 12.4 Å². The molecule has 0 spiro atoms. The average molecular weight is 696 g/mol. The van der Waals surface area contributed by atoms with E-state index in [1.54, 1.807) is 18.3 Å². The fourth-order valence-corrected chi connectivity index (χ4v) is 5.12. The Labute approximate surface area is 209 Å². The first-order valence-electron chi connectivity index (χ1n) is 8.38. The highest BCUT2D eigenvalue weighted by Crippen LogP contribution is 2.29. The third-order valence-electron chi connectivity index (χ3n) is 3.82.